The molecule has 0 saturated carbocycles. The average molecular weight is 259 g/mol. The number of nitrogens with two attached hydrogens (primary N) is 1. The largest absolute Gasteiger partial charge is 0.333 e. The third-order valence-corrected chi connectivity index (χ3v) is 3.20. The minimum atomic E-state index is 0. The van der Waals surface area contributed by atoms with Crippen LogP contribution in [0, 0.1) is 0 Å². The van der Waals surface area contributed by atoms with Gasteiger partial charge in [-0.25, -0.2) is 0 Å². The molecule has 0 aliphatic carbocycles. The SMILES string of the molecule is Cl.Cn1nccc1C(=O)N1CCCCC1CN. The zero-order valence-corrected chi connectivity index (χ0v) is 10.8. The molecule has 1 saturated heterocycles. The first-order chi connectivity index (χ1) is 7.74. The van der Waals surface area contributed by atoms with E-state index in [4.69, 9.17) is 5.73 Å². The predicted molar refractivity (Wildman–Crippen MR) is 68.2 cm³/mol. The van der Waals surface area contributed by atoms with Gasteiger partial charge in [-0.05, 0) is 25.3 Å². The van der Waals surface area contributed by atoms with Gasteiger partial charge in [-0.15, -0.1) is 12.4 Å². The Morgan fingerprint density at radius 1 is 1.59 bits per heavy atom. The molecule has 2 rings (SSSR count). The summed E-state index contributed by atoms with van der Waals surface area (Å²) in [4.78, 5) is 14.1. The molecule has 5 nitrogen and oxygen atoms in total. The molecular weight excluding hydrogens is 240 g/mol. The van der Waals surface area contributed by atoms with Gasteiger partial charge in [0.2, 0.25) is 0 Å². The molecule has 1 aliphatic rings. The van der Waals surface area contributed by atoms with Crippen molar-refractivity contribution in [3.8, 4) is 0 Å². The topological polar surface area (TPSA) is 64.2 Å². The third kappa shape index (κ3) is 2.79. The van der Waals surface area contributed by atoms with E-state index in [-0.39, 0.29) is 24.4 Å². The van der Waals surface area contributed by atoms with Gasteiger partial charge in [-0.3, -0.25) is 9.48 Å². The van der Waals surface area contributed by atoms with Gasteiger partial charge < -0.3 is 10.6 Å². The Balaban J connectivity index is 0.00000144. The van der Waals surface area contributed by atoms with Crippen molar-refractivity contribution >= 4 is 18.3 Å². The van der Waals surface area contributed by atoms with E-state index in [1.807, 2.05) is 4.90 Å². The Labute approximate surface area is 107 Å². The molecule has 0 spiro atoms. The number of aryl methyl sites for hydroxylation is 1. The maximum atomic E-state index is 12.3. The molecule has 1 fully saturated rings. The fourth-order valence-corrected chi connectivity index (χ4v) is 2.24. The van der Waals surface area contributed by atoms with Crippen molar-refractivity contribution in [3.63, 3.8) is 0 Å². The maximum Gasteiger partial charge on any atom is 0.272 e. The van der Waals surface area contributed by atoms with Crippen LogP contribution in [0.5, 0.6) is 0 Å². The molecule has 6 heteroatoms. The summed E-state index contributed by atoms with van der Waals surface area (Å²) < 4.78 is 1.62. The highest BCUT2D eigenvalue weighted by molar-refractivity contribution is 5.92. The highest BCUT2D eigenvalue weighted by atomic mass is 35.5. The van der Waals surface area contributed by atoms with Crippen LogP contribution in [0.1, 0.15) is 29.8 Å². The van der Waals surface area contributed by atoms with Crippen molar-refractivity contribution in [1.82, 2.24) is 14.7 Å². The lowest BCUT2D eigenvalue weighted by Crippen LogP contribution is -2.47. The summed E-state index contributed by atoms with van der Waals surface area (Å²) in [6.07, 6.45) is 4.89. The molecule has 0 radical (unpaired) electrons. The second kappa shape index (κ2) is 6.02. The Bertz CT molecular complexity index is 379. The van der Waals surface area contributed by atoms with Crippen molar-refractivity contribution in [3.05, 3.63) is 18.0 Å². The van der Waals surface area contributed by atoms with Crippen molar-refractivity contribution < 1.29 is 4.79 Å². The Hall–Kier alpha value is -1.07. The number of rotatable bonds is 2. The summed E-state index contributed by atoms with van der Waals surface area (Å²) in [5.41, 5.74) is 6.35. The number of aromatic nitrogens is 2. The van der Waals surface area contributed by atoms with Gasteiger partial charge in [0.1, 0.15) is 5.69 Å². The van der Waals surface area contributed by atoms with E-state index < -0.39 is 0 Å². The monoisotopic (exact) mass is 258 g/mol. The molecular formula is C11H19ClN4O. The van der Waals surface area contributed by atoms with Crippen molar-refractivity contribution in [1.29, 1.82) is 0 Å². The smallest absolute Gasteiger partial charge is 0.272 e. The molecule has 0 bridgehead atoms. The number of amides is 1. The van der Waals surface area contributed by atoms with E-state index in [2.05, 4.69) is 5.10 Å². The normalized spacial score (nSPS) is 19.9. The number of carbonyl (C=O) groups is 1. The Morgan fingerprint density at radius 2 is 2.35 bits per heavy atom. The minimum Gasteiger partial charge on any atom is -0.333 e. The molecule has 1 aromatic heterocycles. The number of piperidine rings is 1. The highest BCUT2D eigenvalue weighted by Gasteiger charge is 2.27. The molecule has 1 unspecified atom stereocenters. The van der Waals surface area contributed by atoms with Crippen molar-refractivity contribution in [2.75, 3.05) is 13.1 Å². The summed E-state index contributed by atoms with van der Waals surface area (Å²) in [7, 11) is 1.79. The number of hydrogen-bond donors (Lipinski definition) is 1. The fraction of sp³-hybridized carbons (Fsp3) is 0.636. The Morgan fingerprint density at radius 3 is 2.94 bits per heavy atom. The van der Waals surface area contributed by atoms with Gasteiger partial charge >= 0.3 is 0 Å². The second-order valence-electron chi connectivity index (χ2n) is 4.22. The number of halogens is 1. The van der Waals surface area contributed by atoms with Crippen LogP contribution in [0.25, 0.3) is 0 Å². The lowest BCUT2D eigenvalue weighted by atomic mass is 10.0. The van der Waals surface area contributed by atoms with Gasteiger partial charge in [-0.1, -0.05) is 0 Å². The summed E-state index contributed by atoms with van der Waals surface area (Å²) in [6, 6.07) is 1.95. The van der Waals surface area contributed by atoms with Crippen LogP contribution in [-0.4, -0.2) is 39.7 Å². The summed E-state index contributed by atoms with van der Waals surface area (Å²) >= 11 is 0. The van der Waals surface area contributed by atoms with E-state index >= 15 is 0 Å². The van der Waals surface area contributed by atoms with Gasteiger partial charge in [-0.2, -0.15) is 5.10 Å². The van der Waals surface area contributed by atoms with Gasteiger partial charge in [0.05, 0.1) is 0 Å². The first kappa shape index (κ1) is 14.0. The summed E-state index contributed by atoms with van der Waals surface area (Å²) in [5.74, 6) is 0.0511. The lowest BCUT2D eigenvalue weighted by Gasteiger charge is -2.34. The first-order valence-electron chi connectivity index (χ1n) is 5.73. The van der Waals surface area contributed by atoms with Crippen LogP contribution in [0.2, 0.25) is 0 Å². The number of nitrogens with zero attached hydrogens (tertiary/aromatic N) is 3. The Kier molecular flexibility index (Phi) is 4.96. The van der Waals surface area contributed by atoms with E-state index in [0.29, 0.717) is 12.2 Å². The van der Waals surface area contributed by atoms with E-state index in [9.17, 15) is 4.79 Å². The zero-order valence-electron chi connectivity index (χ0n) is 10.0. The molecule has 1 atom stereocenters. The van der Waals surface area contributed by atoms with E-state index in [1.165, 1.54) is 0 Å². The zero-order chi connectivity index (χ0) is 11.5. The number of likely N-dealkylation sites (tertiary alicyclic amines) is 1. The average Bonchev–Trinajstić information content (AvgIpc) is 2.74. The van der Waals surface area contributed by atoms with Crippen LogP contribution < -0.4 is 5.73 Å². The van der Waals surface area contributed by atoms with Crippen LogP contribution in [-0.2, 0) is 7.05 Å². The molecule has 0 aromatic carbocycles. The van der Waals surface area contributed by atoms with Gasteiger partial charge in [0, 0.05) is 32.4 Å². The molecule has 17 heavy (non-hydrogen) atoms. The lowest BCUT2D eigenvalue weighted by molar-refractivity contribution is 0.0612. The molecule has 1 aromatic rings. The molecule has 1 aliphatic heterocycles. The van der Waals surface area contributed by atoms with E-state index in [0.717, 1.165) is 25.8 Å². The van der Waals surface area contributed by atoms with E-state index in [1.54, 1.807) is 24.0 Å². The van der Waals surface area contributed by atoms with Crippen molar-refractivity contribution in [2.24, 2.45) is 12.8 Å². The fourth-order valence-electron chi connectivity index (χ4n) is 2.24. The molecule has 2 N–H and O–H groups in total. The molecule has 2 heterocycles. The quantitative estimate of drug-likeness (QED) is 0.853. The molecule has 1 amide bonds. The van der Waals surface area contributed by atoms with Crippen LogP contribution in [0.4, 0.5) is 0 Å². The minimum absolute atomic E-state index is 0. The van der Waals surface area contributed by atoms with Crippen LogP contribution >= 0.6 is 12.4 Å². The van der Waals surface area contributed by atoms with Gasteiger partial charge in [0.15, 0.2) is 0 Å². The maximum absolute atomic E-state index is 12.3. The third-order valence-electron chi connectivity index (χ3n) is 3.20. The summed E-state index contributed by atoms with van der Waals surface area (Å²) in [6.45, 7) is 1.36. The standard InChI is InChI=1S/C11H18N4O.ClH/c1-14-10(5-6-13-14)11(16)15-7-3-2-4-9(15)8-12;/h5-6,9H,2-4,7-8,12H2,1H3;1H. The highest BCUT2D eigenvalue weighted by Crippen LogP contribution is 2.18. The second-order valence-corrected chi connectivity index (χ2v) is 4.22. The predicted octanol–water partition coefficient (Wildman–Crippen LogP) is 0.795. The van der Waals surface area contributed by atoms with Crippen molar-refractivity contribution in [2.45, 2.75) is 25.3 Å². The number of hydrogen-bond acceptors (Lipinski definition) is 3. The van der Waals surface area contributed by atoms with Crippen LogP contribution in [0.3, 0.4) is 0 Å². The molecule has 96 valence electrons. The number of carbonyl (C=O) groups excluding carboxylic acids is 1. The first-order valence-corrected chi connectivity index (χ1v) is 5.73. The summed E-state index contributed by atoms with van der Waals surface area (Å²) in [5, 5.41) is 4.02. The van der Waals surface area contributed by atoms with Gasteiger partial charge in [0.25, 0.3) is 5.91 Å². The van der Waals surface area contributed by atoms with Crippen LogP contribution in [0.15, 0.2) is 12.3 Å².